The van der Waals surface area contributed by atoms with Crippen LogP contribution in [0.5, 0.6) is 5.75 Å². The summed E-state index contributed by atoms with van der Waals surface area (Å²) in [6.07, 6.45) is 1.02. The second-order valence-electron chi connectivity index (χ2n) is 5.27. The van der Waals surface area contributed by atoms with Crippen LogP contribution in [0.1, 0.15) is 30.9 Å². The van der Waals surface area contributed by atoms with Gasteiger partial charge < -0.3 is 4.74 Å². The molecule has 0 aliphatic rings. The van der Waals surface area contributed by atoms with Gasteiger partial charge >= 0.3 is 5.97 Å². The van der Waals surface area contributed by atoms with Gasteiger partial charge in [0, 0.05) is 12.8 Å². The largest absolute Gasteiger partial charge is 0.426 e. The molecule has 0 unspecified atom stereocenters. The molecule has 0 bridgehead atoms. The first-order chi connectivity index (χ1) is 11.0. The highest BCUT2D eigenvalue weighted by Crippen LogP contribution is 2.28. The number of halogens is 1. The summed E-state index contributed by atoms with van der Waals surface area (Å²) in [5, 5.41) is 8.58. The second kappa shape index (κ2) is 7.55. The summed E-state index contributed by atoms with van der Waals surface area (Å²) in [6, 6.07) is 12.4. The third-order valence-electron chi connectivity index (χ3n) is 3.58. The van der Waals surface area contributed by atoms with Crippen molar-refractivity contribution in [1.82, 2.24) is 0 Å². The van der Waals surface area contributed by atoms with Gasteiger partial charge in [-0.3, -0.25) is 4.79 Å². The standard InChI is InChI=1S/C19H18FNO2/c1-3-19(22)23-18-9-8-15(11-13(18)2)16-7-6-14(5-4-10-21)17(20)12-16/h6-9,11-12H,3-5H2,1-2H3. The van der Waals surface area contributed by atoms with Crippen molar-refractivity contribution < 1.29 is 13.9 Å². The molecule has 0 fully saturated rings. The van der Waals surface area contributed by atoms with E-state index < -0.39 is 0 Å². The van der Waals surface area contributed by atoms with Crippen LogP contribution in [0.3, 0.4) is 0 Å². The number of carbonyl (C=O) groups is 1. The Kier molecular flexibility index (Phi) is 5.48. The van der Waals surface area contributed by atoms with Gasteiger partial charge in [0.1, 0.15) is 11.6 Å². The fourth-order valence-electron chi connectivity index (χ4n) is 2.26. The number of nitrogens with zero attached hydrogens (tertiary/aromatic N) is 1. The molecule has 0 aromatic heterocycles. The van der Waals surface area contributed by atoms with Gasteiger partial charge in [0.15, 0.2) is 0 Å². The molecule has 0 saturated carbocycles. The van der Waals surface area contributed by atoms with Crippen LogP contribution >= 0.6 is 0 Å². The molecule has 3 nitrogen and oxygen atoms in total. The number of esters is 1. The molecule has 23 heavy (non-hydrogen) atoms. The van der Waals surface area contributed by atoms with E-state index in [0.29, 0.717) is 30.6 Å². The zero-order valence-electron chi connectivity index (χ0n) is 13.2. The summed E-state index contributed by atoms with van der Waals surface area (Å²) in [6.45, 7) is 3.59. The minimum Gasteiger partial charge on any atom is -0.426 e. The number of nitriles is 1. The summed E-state index contributed by atoms with van der Waals surface area (Å²) in [4.78, 5) is 11.4. The highest BCUT2D eigenvalue weighted by atomic mass is 19.1. The minimum atomic E-state index is -0.308. The third-order valence-corrected chi connectivity index (χ3v) is 3.58. The highest BCUT2D eigenvalue weighted by Gasteiger charge is 2.09. The number of benzene rings is 2. The van der Waals surface area contributed by atoms with Crippen molar-refractivity contribution in [2.45, 2.75) is 33.1 Å². The molecule has 0 N–H and O–H groups in total. The molecule has 4 heteroatoms. The number of hydrogen-bond acceptors (Lipinski definition) is 3. The Morgan fingerprint density at radius 2 is 1.91 bits per heavy atom. The van der Waals surface area contributed by atoms with E-state index >= 15 is 0 Å². The van der Waals surface area contributed by atoms with Crippen LogP contribution in [-0.2, 0) is 11.2 Å². The topological polar surface area (TPSA) is 50.1 Å². The Balaban J connectivity index is 2.25. The molecular formula is C19H18FNO2. The van der Waals surface area contributed by atoms with Gasteiger partial charge in [-0.15, -0.1) is 0 Å². The van der Waals surface area contributed by atoms with E-state index in [-0.39, 0.29) is 11.8 Å². The monoisotopic (exact) mass is 311 g/mol. The van der Waals surface area contributed by atoms with Gasteiger partial charge in [0.25, 0.3) is 0 Å². The van der Waals surface area contributed by atoms with Crippen molar-refractivity contribution in [3.8, 4) is 22.9 Å². The van der Waals surface area contributed by atoms with Crippen molar-refractivity contribution in [2.75, 3.05) is 0 Å². The summed E-state index contributed by atoms with van der Waals surface area (Å²) in [5.41, 5.74) is 2.96. The maximum atomic E-state index is 14.1. The molecule has 0 aliphatic carbocycles. The lowest BCUT2D eigenvalue weighted by molar-refractivity contribution is -0.134. The number of rotatable bonds is 5. The Morgan fingerprint density at radius 1 is 1.22 bits per heavy atom. The average molecular weight is 311 g/mol. The van der Waals surface area contributed by atoms with Crippen molar-refractivity contribution in [1.29, 1.82) is 5.26 Å². The Labute approximate surface area is 135 Å². The molecule has 0 spiro atoms. The third kappa shape index (κ3) is 4.17. The van der Waals surface area contributed by atoms with E-state index in [1.54, 1.807) is 25.1 Å². The van der Waals surface area contributed by atoms with Gasteiger partial charge in [-0.25, -0.2) is 4.39 Å². The van der Waals surface area contributed by atoms with Gasteiger partial charge in [-0.1, -0.05) is 25.1 Å². The molecule has 2 aromatic carbocycles. The van der Waals surface area contributed by atoms with E-state index in [1.807, 2.05) is 25.1 Å². The fraction of sp³-hybridized carbons (Fsp3) is 0.263. The van der Waals surface area contributed by atoms with Crippen LogP contribution < -0.4 is 4.74 Å². The molecule has 2 aromatic rings. The van der Waals surface area contributed by atoms with Crippen molar-refractivity contribution in [3.63, 3.8) is 0 Å². The van der Waals surface area contributed by atoms with Gasteiger partial charge in [0.05, 0.1) is 6.07 Å². The maximum Gasteiger partial charge on any atom is 0.310 e. The van der Waals surface area contributed by atoms with Gasteiger partial charge in [-0.2, -0.15) is 5.26 Å². The van der Waals surface area contributed by atoms with Crippen LogP contribution in [0.15, 0.2) is 36.4 Å². The quantitative estimate of drug-likeness (QED) is 0.600. The van der Waals surface area contributed by atoms with E-state index in [0.717, 1.165) is 16.7 Å². The summed E-state index contributed by atoms with van der Waals surface area (Å²) < 4.78 is 19.3. The SMILES string of the molecule is CCC(=O)Oc1ccc(-c2ccc(CCC#N)c(F)c2)cc1C. The predicted octanol–water partition coefficient (Wildman–Crippen LogP) is 4.57. The number of hydrogen-bond donors (Lipinski definition) is 0. The Hall–Kier alpha value is -2.67. The second-order valence-corrected chi connectivity index (χ2v) is 5.27. The van der Waals surface area contributed by atoms with Crippen LogP contribution in [0.4, 0.5) is 4.39 Å². The summed E-state index contributed by atoms with van der Waals surface area (Å²) in [5.74, 6) is -0.0719. The molecule has 2 rings (SSSR count). The molecule has 0 radical (unpaired) electrons. The molecule has 0 saturated heterocycles. The molecule has 0 atom stereocenters. The first-order valence-electron chi connectivity index (χ1n) is 7.52. The lowest BCUT2D eigenvalue weighted by Crippen LogP contribution is -2.06. The van der Waals surface area contributed by atoms with E-state index in [9.17, 15) is 9.18 Å². The fourth-order valence-corrected chi connectivity index (χ4v) is 2.26. The normalized spacial score (nSPS) is 10.2. The lowest BCUT2D eigenvalue weighted by Gasteiger charge is -2.10. The van der Waals surface area contributed by atoms with Crippen molar-refractivity contribution >= 4 is 5.97 Å². The van der Waals surface area contributed by atoms with Crippen LogP contribution in [0, 0.1) is 24.1 Å². The van der Waals surface area contributed by atoms with Crippen LogP contribution in [0.2, 0.25) is 0 Å². The Bertz CT molecular complexity index is 762. The smallest absolute Gasteiger partial charge is 0.310 e. The first-order valence-corrected chi connectivity index (χ1v) is 7.52. The summed E-state index contributed by atoms with van der Waals surface area (Å²) in [7, 11) is 0. The van der Waals surface area contributed by atoms with Crippen molar-refractivity contribution in [3.05, 3.63) is 53.3 Å². The Morgan fingerprint density at radius 3 is 2.52 bits per heavy atom. The van der Waals surface area contributed by atoms with E-state index in [2.05, 4.69) is 0 Å². The lowest BCUT2D eigenvalue weighted by atomic mass is 10.00. The van der Waals surface area contributed by atoms with Gasteiger partial charge in [-0.05, 0) is 53.8 Å². The van der Waals surface area contributed by atoms with Crippen LogP contribution in [0.25, 0.3) is 11.1 Å². The average Bonchev–Trinajstić information content (AvgIpc) is 2.55. The number of aryl methyl sites for hydroxylation is 2. The molecule has 0 aliphatic heterocycles. The molecular weight excluding hydrogens is 293 g/mol. The summed E-state index contributed by atoms with van der Waals surface area (Å²) >= 11 is 0. The first kappa shape index (κ1) is 16.7. The number of carbonyl (C=O) groups excluding carboxylic acids is 1. The van der Waals surface area contributed by atoms with Gasteiger partial charge in [0.2, 0.25) is 0 Å². The zero-order chi connectivity index (χ0) is 16.8. The highest BCUT2D eigenvalue weighted by molar-refractivity contribution is 5.73. The molecule has 0 heterocycles. The van der Waals surface area contributed by atoms with E-state index in [4.69, 9.17) is 10.00 Å². The van der Waals surface area contributed by atoms with Crippen LogP contribution in [-0.4, -0.2) is 5.97 Å². The zero-order valence-corrected chi connectivity index (χ0v) is 13.2. The maximum absolute atomic E-state index is 14.1. The minimum absolute atomic E-state index is 0.284. The number of ether oxygens (including phenoxy) is 1. The molecule has 0 amide bonds. The molecule has 118 valence electrons. The predicted molar refractivity (Wildman–Crippen MR) is 86.4 cm³/mol. The van der Waals surface area contributed by atoms with E-state index in [1.165, 1.54) is 6.07 Å². The van der Waals surface area contributed by atoms with Crippen molar-refractivity contribution in [2.24, 2.45) is 0 Å².